The second-order valence-electron chi connectivity index (χ2n) is 3.83. The Balaban J connectivity index is 2.11. The minimum Gasteiger partial charge on any atom is -0.477 e. The van der Waals surface area contributed by atoms with Crippen LogP contribution in [0.1, 0.15) is 17.4 Å². The highest BCUT2D eigenvalue weighted by molar-refractivity contribution is 5.85. The van der Waals surface area contributed by atoms with E-state index in [1.54, 1.807) is 12.3 Å². The third-order valence-corrected chi connectivity index (χ3v) is 2.57. The second kappa shape index (κ2) is 4.49. The molecule has 0 aliphatic carbocycles. The fourth-order valence-electron chi connectivity index (χ4n) is 1.75. The lowest BCUT2D eigenvalue weighted by Gasteiger charge is -2.32. The largest absolute Gasteiger partial charge is 0.477 e. The molecular formula is C11H14N2O3. The van der Waals surface area contributed by atoms with E-state index in [-0.39, 0.29) is 11.8 Å². The summed E-state index contributed by atoms with van der Waals surface area (Å²) < 4.78 is 5.44. The Kier molecular flexibility index (Phi) is 3.05. The predicted molar refractivity (Wildman–Crippen MR) is 58.8 cm³/mol. The molecule has 1 aliphatic heterocycles. The van der Waals surface area contributed by atoms with Crippen molar-refractivity contribution in [1.82, 2.24) is 4.98 Å². The Morgan fingerprint density at radius 1 is 1.62 bits per heavy atom. The van der Waals surface area contributed by atoms with Crippen LogP contribution in [-0.2, 0) is 4.74 Å². The molecule has 1 atom stereocenters. The SMILES string of the molecule is CC1CN(c2ccc(C(=O)O)nc2)CCO1. The van der Waals surface area contributed by atoms with E-state index in [1.165, 1.54) is 6.07 Å². The molecule has 2 heterocycles. The van der Waals surface area contributed by atoms with Crippen molar-refractivity contribution < 1.29 is 14.6 Å². The molecule has 1 unspecified atom stereocenters. The number of aromatic nitrogens is 1. The van der Waals surface area contributed by atoms with Crippen LogP contribution in [0.25, 0.3) is 0 Å². The molecule has 0 aromatic carbocycles. The van der Waals surface area contributed by atoms with E-state index in [0.29, 0.717) is 6.61 Å². The van der Waals surface area contributed by atoms with Crippen LogP contribution >= 0.6 is 0 Å². The third kappa shape index (κ3) is 2.30. The van der Waals surface area contributed by atoms with Crippen molar-refractivity contribution in [1.29, 1.82) is 0 Å². The lowest BCUT2D eigenvalue weighted by atomic mass is 10.2. The Morgan fingerprint density at radius 3 is 3.00 bits per heavy atom. The average molecular weight is 222 g/mol. The summed E-state index contributed by atoms with van der Waals surface area (Å²) in [6, 6.07) is 3.31. The molecular weight excluding hydrogens is 208 g/mol. The van der Waals surface area contributed by atoms with Gasteiger partial charge in [0.1, 0.15) is 5.69 Å². The van der Waals surface area contributed by atoms with Crippen molar-refractivity contribution in [3.05, 3.63) is 24.0 Å². The normalized spacial score (nSPS) is 20.8. The summed E-state index contributed by atoms with van der Waals surface area (Å²) in [6.07, 6.45) is 1.80. The fourth-order valence-corrected chi connectivity index (χ4v) is 1.75. The first kappa shape index (κ1) is 10.9. The minimum absolute atomic E-state index is 0.0741. The van der Waals surface area contributed by atoms with E-state index in [0.717, 1.165) is 18.8 Å². The lowest BCUT2D eigenvalue weighted by molar-refractivity contribution is 0.0531. The quantitative estimate of drug-likeness (QED) is 0.809. The number of nitrogens with zero attached hydrogens (tertiary/aromatic N) is 2. The molecule has 1 saturated heterocycles. The number of carbonyl (C=O) groups is 1. The molecule has 16 heavy (non-hydrogen) atoms. The summed E-state index contributed by atoms with van der Waals surface area (Å²) >= 11 is 0. The van der Waals surface area contributed by atoms with Crippen LogP contribution in [0.3, 0.4) is 0 Å². The molecule has 0 spiro atoms. The van der Waals surface area contributed by atoms with E-state index in [9.17, 15) is 4.79 Å². The third-order valence-electron chi connectivity index (χ3n) is 2.57. The van der Waals surface area contributed by atoms with Gasteiger partial charge in [0.25, 0.3) is 0 Å². The van der Waals surface area contributed by atoms with E-state index < -0.39 is 5.97 Å². The van der Waals surface area contributed by atoms with Crippen LogP contribution < -0.4 is 4.90 Å². The van der Waals surface area contributed by atoms with Gasteiger partial charge >= 0.3 is 5.97 Å². The van der Waals surface area contributed by atoms with Gasteiger partial charge in [0, 0.05) is 13.1 Å². The number of carboxylic acid groups (broad SMARTS) is 1. The smallest absolute Gasteiger partial charge is 0.354 e. The number of aromatic carboxylic acids is 1. The summed E-state index contributed by atoms with van der Waals surface area (Å²) in [5.41, 5.74) is 1.02. The summed E-state index contributed by atoms with van der Waals surface area (Å²) in [4.78, 5) is 16.7. The monoisotopic (exact) mass is 222 g/mol. The summed E-state index contributed by atoms with van der Waals surface area (Å²) in [6.45, 7) is 4.35. The van der Waals surface area contributed by atoms with Gasteiger partial charge in [-0.1, -0.05) is 0 Å². The molecule has 1 N–H and O–H groups in total. The van der Waals surface area contributed by atoms with Gasteiger partial charge in [-0.3, -0.25) is 0 Å². The fraction of sp³-hybridized carbons (Fsp3) is 0.455. The molecule has 1 aromatic rings. The Bertz CT molecular complexity index is 377. The number of pyridine rings is 1. The van der Waals surface area contributed by atoms with E-state index in [2.05, 4.69) is 9.88 Å². The van der Waals surface area contributed by atoms with Gasteiger partial charge in [-0.15, -0.1) is 0 Å². The first-order chi connectivity index (χ1) is 7.66. The predicted octanol–water partition coefficient (Wildman–Crippen LogP) is 1.00. The van der Waals surface area contributed by atoms with E-state index in [1.807, 2.05) is 6.92 Å². The topological polar surface area (TPSA) is 62.7 Å². The molecule has 1 fully saturated rings. The highest BCUT2D eigenvalue weighted by Crippen LogP contribution is 2.16. The second-order valence-corrected chi connectivity index (χ2v) is 3.83. The first-order valence-electron chi connectivity index (χ1n) is 5.22. The minimum atomic E-state index is -0.998. The number of hydrogen-bond donors (Lipinski definition) is 1. The van der Waals surface area contributed by atoms with E-state index in [4.69, 9.17) is 9.84 Å². The van der Waals surface area contributed by atoms with Crippen LogP contribution in [0.15, 0.2) is 18.3 Å². The van der Waals surface area contributed by atoms with Crippen molar-refractivity contribution in [3.8, 4) is 0 Å². The van der Waals surface area contributed by atoms with Crippen molar-refractivity contribution in [2.75, 3.05) is 24.6 Å². The molecule has 0 bridgehead atoms. The molecule has 5 nitrogen and oxygen atoms in total. The van der Waals surface area contributed by atoms with Gasteiger partial charge < -0.3 is 14.7 Å². The van der Waals surface area contributed by atoms with Gasteiger partial charge in [0.05, 0.1) is 24.6 Å². The molecule has 1 aromatic heterocycles. The summed E-state index contributed by atoms with van der Waals surface area (Å²) in [5, 5.41) is 8.73. The maximum atomic E-state index is 10.6. The number of anilines is 1. The van der Waals surface area contributed by atoms with Gasteiger partial charge in [0.2, 0.25) is 0 Å². The molecule has 86 valence electrons. The van der Waals surface area contributed by atoms with Gasteiger partial charge in [-0.25, -0.2) is 9.78 Å². The van der Waals surface area contributed by atoms with Crippen molar-refractivity contribution in [3.63, 3.8) is 0 Å². The average Bonchev–Trinajstić information content (AvgIpc) is 2.29. The summed E-state index contributed by atoms with van der Waals surface area (Å²) in [5.74, 6) is -0.998. The number of morpholine rings is 1. The maximum absolute atomic E-state index is 10.6. The number of rotatable bonds is 2. The Hall–Kier alpha value is -1.62. The maximum Gasteiger partial charge on any atom is 0.354 e. The van der Waals surface area contributed by atoms with Crippen molar-refractivity contribution >= 4 is 11.7 Å². The zero-order valence-electron chi connectivity index (χ0n) is 9.09. The van der Waals surface area contributed by atoms with Crippen LogP contribution in [0, 0.1) is 0 Å². The zero-order chi connectivity index (χ0) is 11.5. The lowest BCUT2D eigenvalue weighted by Crippen LogP contribution is -2.41. The molecule has 0 amide bonds. The van der Waals surface area contributed by atoms with Gasteiger partial charge in [0.15, 0.2) is 0 Å². The molecule has 0 radical (unpaired) electrons. The molecule has 5 heteroatoms. The molecule has 0 saturated carbocycles. The van der Waals surface area contributed by atoms with Crippen molar-refractivity contribution in [2.24, 2.45) is 0 Å². The van der Waals surface area contributed by atoms with E-state index >= 15 is 0 Å². The van der Waals surface area contributed by atoms with Crippen molar-refractivity contribution in [2.45, 2.75) is 13.0 Å². The van der Waals surface area contributed by atoms with Crippen LogP contribution in [-0.4, -0.2) is 41.9 Å². The Labute approximate surface area is 93.7 Å². The Morgan fingerprint density at radius 2 is 2.44 bits per heavy atom. The summed E-state index contributed by atoms with van der Waals surface area (Å²) in [7, 11) is 0. The molecule has 1 aliphatic rings. The van der Waals surface area contributed by atoms with Crippen LogP contribution in [0.4, 0.5) is 5.69 Å². The number of ether oxygens (including phenoxy) is 1. The highest BCUT2D eigenvalue weighted by atomic mass is 16.5. The standard InChI is InChI=1S/C11H14N2O3/c1-8-7-13(4-5-16-8)9-2-3-10(11(14)15)12-6-9/h2-3,6,8H,4-5,7H2,1H3,(H,14,15). The number of carboxylic acids is 1. The van der Waals surface area contributed by atoms with Gasteiger partial charge in [-0.05, 0) is 19.1 Å². The number of hydrogen-bond acceptors (Lipinski definition) is 4. The van der Waals surface area contributed by atoms with Crippen LogP contribution in [0.5, 0.6) is 0 Å². The van der Waals surface area contributed by atoms with Gasteiger partial charge in [-0.2, -0.15) is 0 Å². The highest BCUT2D eigenvalue weighted by Gasteiger charge is 2.17. The molecule has 2 rings (SSSR count). The zero-order valence-corrected chi connectivity index (χ0v) is 9.09. The first-order valence-corrected chi connectivity index (χ1v) is 5.22. The van der Waals surface area contributed by atoms with Crippen LogP contribution in [0.2, 0.25) is 0 Å².